The lowest BCUT2D eigenvalue weighted by molar-refractivity contribution is 0.258. The van der Waals surface area contributed by atoms with Crippen LogP contribution in [-0.2, 0) is 0 Å². The van der Waals surface area contributed by atoms with E-state index in [1.165, 1.54) is 6.42 Å². The zero-order valence-corrected chi connectivity index (χ0v) is 9.81. The first-order valence-electron chi connectivity index (χ1n) is 5.63. The highest BCUT2D eigenvalue weighted by atomic mass is 16.1. The van der Waals surface area contributed by atoms with Crippen molar-refractivity contribution in [2.24, 2.45) is 0 Å². The van der Waals surface area contributed by atoms with Crippen LogP contribution in [-0.4, -0.2) is 48.3 Å². The fraction of sp³-hybridized carbons (Fsp3) is 0.636. The molecule has 0 bridgehead atoms. The molecule has 1 aliphatic heterocycles. The van der Waals surface area contributed by atoms with Crippen molar-refractivity contribution in [2.75, 3.05) is 32.1 Å². The number of nitrogens with zero attached hydrogens (tertiary/aromatic N) is 3. The molecule has 1 saturated heterocycles. The first kappa shape index (κ1) is 11.1. The number of rotatable bonds is 2. The van der Waals surface area contributed by atoms with Gasteiger partial charge in [0.25, 0.3) is 5.56 Å². The van der Waals surface area contributed by atoms with E-state index in [9.17, 15) is 4.79 Å². The van der Waals surface area contributed by atoms with E-state index in [-0.39, 0.29) is 5.56 Å². The summed E-state index contributed by atoms with van der Waals surface area (Å²) in [6, 6.07) is 2.18. The van der Waals surface area contributed by atoms with Crippen LogP contribution >= 0.6 is 0 Å². The fourth-order valence-electron chi connectivity index (χ4n) is 2.15. The minimum Gasteiger partial charge on any atom is -0.369 e. The SMILES string of the molecule is CN(C)C1CCCN(c2cn[nH]c(=O)c2)C1. The largest absolute Gasteiger partial charge is 0.369 e. The first-order valence-corrected chi connectivity index (χ1v) is 5.63. The molecule has 1 unspecified atom stereocenters. The number of hydrogen-bond acceptors (Lipinski definition) is 4. The Bertz CT molecular complexity index is 401. The maximum Gasteiger partial charge on any atom is 0.266 e. The van der Waals surface area contributed by atoms with Crippen LogP contribution in [0.3, 0.4) is 0 Å². The monoisotopic (exact) mass is 222 g/mol. The van der Waals surface area contributed by atoms with Crippen molar-refractivity contribution in [3.8, 4) is 0 Å². The number of H-pyrrole nitrogens is 1. The summed E-state index contributed by atoms with van der Waals surface area (Å²) < 4.78 is 0. The first-order chi connectivity index (χ1) is 7.66. The highest BCUT2D eigenvalue weighted by molar-refractivity contribution is 5.43. The molecule has 2 heterocycles. The zero-order chi connectivity index (χ0) is 11.5. The molecule has 0 saturated carbocycles. The van der Waals surface area contributed by atoms with Crippen molar-refractivity contribution in [2.45, 2.75) is 18.9 Å². The van der Waals surface area contributed by atoms with Gasteiger partial charge >= 0.3 is 0 Å². The lowest BCUT2D eigenvalue weighted by atomic mass is 10.0. The Hall–Kier alpha value is -1.36. The Morgan fingerprint density at radius 1 is 1.56 bits per heavy atom. The summed E-state index contributed by atoms with van der Waals surface area (Å²) in [5.74, 6) is 0. The van der Waals surface area contributed by atoms with Gasteiger partial charge in [-0.25, -0.2) is 5.10 Å². The third kappa shape index (κ3) is 2.41. The smallest absolute Gasteiger partial charge is 0.266 e. The van der Waals surface area contributed by atoms with Crippen LogP contribution in [0.1, 0.15) is 12.8 Å². The number of piperidine rings is 1. The van der Waals surface area contributed by atoms with Gasteiger partial charge in [-0.1, -0.05) is 0 Å². The average Bonchev–Trinajstić information content (AvgIpc) is 2.29. The second-order valence-corrected chi connectivity index (χ2v) is 4.51. The van der Waals surface area contributed by atoms with Crippen molar-refractivity contribution < 1.29 is 0 Å². The van der Waals surface area contributed by atoms with Crippen LogP contribution in [0.2, 0.25) is 0 Å². The van der Waals surface area contributed by atoms with Crippen LogP contribution in [0.4, 0.5) is 5.69 Å². The second kappa shape index (κ2) is 4.65. The summed E-state index contributed by atoms with van der Waals surface area (Å²) in [5, 5.41) is 6.24. The van der Waals surface area contributed by atoms with Gasteiger partial charge in [0.15, 0.2) is 0 Å². The molecule has 1 N–H and O–H groups in total. The molecule has 1 fully saturated rings. The molecule has 0 aliphatic carbocycles. The van der Waals surface area contributed by atoms with Crippen molar-refractivity contribution in [1.29, 1.82) is 0 Å². The van der Waals surface area contributed by atoms with E-state index in [4.69, 9.17) is 0 Å². The summed E-state index contributed by atoms with van der Waals surface area (Å²) in [6.45, 7) is 1.98. The van der Waals surface area contributed by atoms with Gasteiger partial charge in [-0.2, -0.15) is 5.10 Å². The molecule has 1 aromatic heterocycles. The van der Waals surface area contributed by atoms with E-state index in [1.807, 2.05) is 0 Å². The number of anilines is 1. The molecule has 2 rings (SSSR count). The molecule has 0 spiro atoms. The predicted molar refractivity (Wildman–Crippen MR) is 63.8 cm³/mol. The van der Waals surface area contributed by atoms with Gasteiger partial charge in [-0.05, 0) is 26.9 Å². The molecule has 1 aromatic rings. The van der Waals surface area contributed by atoms with Gasteiger partial charge in [0.1, 0.15) is 0 Å². The molecule has 1 aliphatic rings. The summed E-state index contributed by atoms with van der Waals surface area (Å²) in [7, 11) is 4.20. The second-order valence-electron chi connectivity index (χ2n) is 4.51. The van der Waals surface area contributed by atoms with E-state index < -0.39 is 0 Å². The van der Waals surface area contributed by atoms with E-state index in [1.54, 1.807) is 12.3 Å². The average molecular weight is 222 g/mol. The van der Waals surface area contributed by atoms with E-state index in [0.29, 0.717) is 6.04 Å². The van der Waals surface area contributed by atoms with Crippen LogP contribution in [0.15, 0.2) is 17.1 Å². The molecule has 88 valence electrons. The summed E-state index contributed by atoms with van der Waals surface area (Å²) >= 11 is 0. The standard InChI is InChI=1S/C11H18N4O/c1-14(2)9-4-3-5-15(8-9)10-6-11(16)13-12-7-10/h6-7,9H,3-5,8H2,1-2H3,(H,13,16). The van der Waals surface area contributed by atoms with Crippen LogP contribution in [0, 0.1) is 0 Å². The van der Waals surface area contributed by atoms with Gasteiger partial charge in [-0.15, -0.1) is 0 Å². The van der Waals surface area contributed by atoms with Gasteiger partial charge in [0, 0.05) is 25.2 Å². The fourth-order valence-corrected chi connectivity index (χ4v) is 2.15. The minimum absolute atomic E-state index is 0.135. The molecular weight excluding hydrogens is 204 g/mol. The van der Waals surface area contributed by atoms with E-state index in [2.05, 4.69) is 34.1 Å². The zero-order valence-electron chi connectivity index (χ0n) is 9.81. The normalized spacial score (nSPS) is 21.4. The Kier molecular flexibility index (Phi) is 3.24. The number of nitrogens with one attached hydrogen (secondary N) is 1. The lowest BCUT2D eigenvalue weighted by Crippen LogP contribution is -2.45. The van der Waals surface area contributed by atoms with Crippen molar-refractivity contribution >= 4 is 5.69 Å². The van der Waals surface area contributed by atoms with Crippen LogP contribution in [0.5, 0.6) is 0 Å². The highest BCUT2D eigenvalue weighted by Crippen LogP contribution is 2.19. The quantitative estimate of drug-likeness (QED) is 0.782. The number of hydrogen-bond donors (Lipinski definition) is 1. The maximum absolute atomic E-state index is 11.2. The summed E-state index contributed by atoms with van der Waals surface area (Å²) in [5.41, 5.74) is 0.791. The van der Waals surface area contributed by atoms with Gasteiger partial charge in [0.2, 0.25) is 0 Å². The Labute approximate surface area is 95.1 Å². The summed E-state index contributed by atoms with van der Waals surface area (Å²) in [6.07, 6.45) is 4.11. The van der Waals surface area contributed by atoms with Crippen molar-refractivity contribution in [1.82, 2.24) is 15.1 Å². The molecule has 5 heteroatoms. The van der Waals surface area contributed by atoms with Gasteiger partial charge < -0.3 is 9.80 Å². The molecule has 16 heavy (non-hydrogen) atoms. The van der Waals surface area contributed by atoms with Gasteiger partial charge in [-0.3, -0.25) is 4.79 Å². The third-order valence-corrected chi connectivity index (χ3v) is 3.14. The molecule has 0 radical (unpaired) electrons. The molecule has 0 aromatic carbocycles. The summed E-state index contributed by atoms with van der Waals surface area (Å²) in [4.78, 5) is 15.7. The molecular formula is C11H18N4O. The van der Waals surface area contributed by atoms with Crippen LogP contribution < -0.4 is 10.5 Å². The Morgan fingerprint density at radius 2 is 2.38 bits per heavy atom. The Balaban J connectivity index is 2.12. The minimum atomic E-state index is -0.135. The van der Waals surface area contributed by atoms with Crippen molar-refractivity contribution in [3.05, 3.63) is 22.6 Å². The third-order valence-electron chi connectivity index (χ3n) is 3.14. The molecule has 5 nitrogen and oxygen atoms in total. The van der Waals surface area contributed by atoms with Crippen LogP contribution in [0.25, 0.3) is 0 Å². The molecule has 0 amide bonds. The lowest BCUT2D eigenvalue weighted by Gasteiger charge is -2.37. The predicted octanol–water partition coefficient (Wildman–Crippen LogP) is 0.300. The highest BCUT2D eigenvalue weighted by Gasteiger charge is 2.21. The number of likely N-dealkylation sites (N-methyl/N-ethyl adjacent to an activating group) is 1. The number of aromatic amines is 1. The van der Waals surface area contributed by atoms with E-state index >= 15 is 0 Å². The Morgan fingerprint density at radius 3 is 3.06 bits per heavy atom. The van der Waals surface area contributed by atoms with E-state index in [0.717, 1.165) is 25.2 Å². The maximum atomic E-state index is 11.2. The van der Waals surface area contributed by atoms with Crippen molar-refractivity contribution in [3.63, 3.8) is 0 Å². The number of aromatic nitrogens is 2. The van der Waals surface area contributed by atoms with Gasteiger partial charge in [0.05, 0.1) is 11.9 Å². The topological polar surface area (TPSA) is 52.2 Å². The molecule has 1 atom stereocenters.